The molecule has 1 aliphatic rings. The van der Waals surface area contributed by atoms with Crippen LogP contribution in [0, 0.1) is 6.92 Å². The smallest absolute Gasteiger partial charge is 0.268 e. The fourth-order valence-corrected chi connectivity index (χ4v) is 6.56. The summed E-state index contributed by atoms with van der Waals surface area (Å²) < 4.78 is 34.3. The topological polar surface area (TPSA) is 70.2 Å². The van der Waals surface area contributed by atoms with E-state index in [1.807, 2.05) is 30.3 Å². The Bertz CT molecular complexity index is 1420. The van der Waals surface area contributed by atoms with Crippen molar-refractivity contribution in [2.75, 3.05) is 50.7 Å². The van der Waals surface area contributed by atoms with Gasteiger partial charge in [0.1, 0.15) is 17.2 Å². The maximum atomic E-state index is 14.0. The second kappa shape index (κ2) is 12.9. The number of piperazine rings is 1. The average molecular weight is 589 g/mol. The Balaban J connectivity index is 1.51. The van der Waals surface area contributed by atoms with Gasteiger partial charge in [-0.1, -0.05) is 71.8 Å². The molecule has 1 amide bonds. The first-order valence-electron chi connectivity index (χ1n) is 12.5. The summed E-state index contributed by atoms with van der Waals surface area (Å²) >= 11 is 12.4. The predicted molar refractivity (Wildman–Crippen MR) is 157 cm³/mol. The van der Waals surface area contributed by atoms with E-state index in [9.17, 15) is 13.2 Å². The van der Waals surface area contributed by atoms with Crippen LogP contribution >= 0.6 is 23.2 Å². The zero-order valence-electron chi connectivity index (χ0n) is 21.9. The van der Waals surface area contributed by atoms with Gasteiger partial charge in [-0.05, 0) is 48.4 Å². The molecular weight excluding hydrogens is 557 g/mol. The van der Waals surface area contributed by atoms with Crippen LogP contribution in [0.25, 0.3) is 6.08 Å². The highest BCUT2D eigenvalue weighted by molar-refractivity contribution is 7.93. The number of hydrogen-bond acceptors (Lipinski definition) is 5. The first kappa shape index (κ1) is 29.0. The number of benzene rings is 3. The normalized spacial score (nSPS) is 14.5. The van der Waals surface area contributed by atoms with Crippen LogP contribution in [0.4, 0.5) is 5.69 Å². The standard InChI is InChI=1S/C29H31Cl2N3O4S/c1-22-10-11-27(38-2)28(17-22)39(36,37)34(26-19-24(30)18-25(31)20-26)21-29(35)33-15-13-32(14-16-33)12-6-9-23-7-4-3-5-8-23/h3-11,17-20H,12-16,21H2,1-2H3/b9-6+. The minimum absolute atomic E-state index is 0.0380. The molecule has 0 aromatic heterocycles. The molecule has 4 rings (SSSR count). The number of ether oxygens (including phenoxy) is 1. The van der Waals surface area contributed by atoms with Crippen LogP contribution in [-0.4, -0.2) is 70.5 Å². The maximum absolute atomic E-state index is 14.0. The summed E-state index contributed by atoms with van der Waals surface area (Å²) in [4.78, 5) is 17.4. The minimum Gasteiger partial charge on any atom is -0.495 e. The summed E-state index contributed by atoms with van der Waals surface area (Å²) in [6.07, 6.45) is 4.19. The van der Waals surface area contributed by atoms with Gasteiger partial charge >= 0.3 is 0 Å². The van der Waals surface area contributed by atoms with Crippen LogP contribution in [-0.2, 0) is 14.8 Å². The zero-order valence-corrected chi connectivity index (χ0v) is 24.2. The monoisotopic (exact) mass is 587 g/mol. The van der Waals surface area contributed by atoms with E-state index >= 15 is 0 Å². The molecule has 1 heterocycles. The number of methoxy groups -OCH3 is 1. The van der Waals surface area contributed by atoms with Crippen molar-refractivity contribution in [2.24, 2.45) is 0 Å². The van der Waals surface area contributed by atoms with Gasteiger partial charge in [0.15, 0.2) is 0 Å². The number of sulfonamides is 1. The van der Waals surface area contributed by atoms with Crippen molar-refractivity contribution >= 4 is 50.9 Å². The number of aryl methyl sites for hydroxylation is 1. The van der Waals surface area contributed by atoms with E-state index in [1.165, 1.54) is 31.4 Å². The second-order valence-electron chi connectivity index (χ2n) is 9.29. The fourth-order valence-electron chi connectivity index (χ4n) is 4.41. The molecule has 3 aromatic carbocycles. The lowest BCUT2D eigenvalue weighted by atomic mass is 10.2. The molecular formula is C29H31Cl2N3O4S. The van der Waals surface area contributed by atoms with E-state index in [-0.39, 0.29) is 32.3 Å². The molecule has 0 N–H and O–H groups in total. The lowest BCUT2D eigenvalue weighted by Gasteiger charge is -2.35. The number of hydrogen-bond donors (Lipinski definition) is 0. The highest BCUT2D eigenvalue weighted by atomic mass is 35.5. The molecule has 1 aliphatic heterocycles. The predicted octanol–water partition coefficient (Wildman–Crippen LogP) is 5.36. The van der Waals surface area contributed by atoms with Crippen molar-refractivity contribution in [2.45, 2.75) is 11.8 Å². The van der Waals surface area contributed by atoms with Crippen molar-refractivity contribution in [3.63, 3.8) is 0 Å². The number of amides is 1. The van der Waals surface area contributed by atoms with E-state index in [1.54, 1.807) is 24.0 Å². The lowest BCUT2D eigenvalue weighted by Crippen LogP contribution is -2.51. The molecule has 7 nitrogen and oxygen atoms in total. The van der Waals surface area contributed by atoms with Crippen molar-refractivity contribution in [3.05, 3.63) is 94.0 Å². The van der Waals surface area contributed by atoms with E-state index in [2.05, 4.69) is 17.1 Å². The van der Waals surface area contributed by atoms with Crippen molar-refractivity contribution in [3.8, 4) is 5.75 Å². The van der Waals surface area contributed by atoms with Gasteiger partial charge in [-0.15, -0.1) is 0 Å². The van der Waals surface area contributed by atoms with E-state index in [4.69, 9.17) is 27.9 Å². The molecule has 1 fully saturated rings. The number of halogens is 2. The van der Waals surface area contributed by atoms with Gasteiger partial charge in [0.05, 0.1) is 12.8 Å². The van der Waals surface area contributed by atoms with Crippen LogP contribution in [0.3, 0.4) is 0 Å². The molecule has 0 aliphatic carbocycles. The Hall–Kier alpha value is -3.04. The molecule has 206 valence electrons. The number of rotatable bonds is 9. The zero-order chi connectivity index (χ0) is 28.0. The summed E-state index contributed by atoms with van der Waals surface area (Å²) in [6.45, 7) is 4.53. The molecule has 0 saturated carbocycles. The Morgan fingerprint density at radius 2 is 1.64 bits per heavy atom. The van der Waals surface area contributed by atoms with Crippen molar-refractivity contribution in [1.82, 2.24) is 9.80 Å². The number of carbonyl (C=O) groups is 1. The van der Waals surface area contributed by atoms with Gasteiger partial charge in [-0.3, -0.25) is 14.0 Å². The van der Waals surface area contributed by atoms with Crippen molar-refractivity contribution in [1.29, 1.82) is 0 Å². The average Bonchev–Trinajstić information content (AvgIpc) is 2.92. The van der Waals surface area contributed by atoms with Crippen LogP contribution in [0.5, 0.6) is 5.75 Å². The number of nitrogens with zero attached hydrogens (tertiary/aromatic N) is 3. The molecule has 0 spiro atoms. The molecule has 10 heteroatoms. The third-order valence-corrected chi connectivity index (χ3v) is 8.73. The molecule has 0 radical (unpaired) electrons. The largest absolute Gasteiger partial charge is 0.495 e. The summed E-state index contributed by atoms with van der Waals surface area (Å²) in [5.41, 5.74) is 2.08. The van der Waals surface area contributed by atoms with Gasteiger partial charge in [-0.25, -0.2) is 8.42 Å². The van der Waals surface area contributed by atoms with Crippen LogP contribution in [0.1, 0.15) is 11.1 Å². The summed E-state index contributed by atoms with van der Waals surface area (Å²) in [5.74, 6) is -0.121. The lowest BCUT2D eigenvalue weighted by molar-refractivity contribution is -0.131. The van der Waals surface area contributed by atoms with Gasteiger partial charge < -0.3 is 9.64 Å². The minimum atomic E-state index is -4.21. The number of carbonyl (C=O) groups excluding carboxylic acids is 1. The highest BCUT2D eigenvalue weighted by Crippen LogP contribution is 2.33. The van der Waals surface area contributed by atoms with Crippen LogP contribution < -0.4 is 9.04 Å². The number of anilines is 1. The van der Waals surface area contributed by atoms with E-state index in [0.29, 0.717) is 26.2 Å². The second-order valence-corrected chi connectivity index (χ2v) is 12.0. The van der Waals surface area contributed by atoms with E-state index in [0.717, 1.165) is 22.0 Å². The third-order valence-electron chi connectivity index (χ3n) is 6.50. The summed E-state index contributed by atoms with van der Waals surface area (Å²) in [5, 5.41) is 0.525. The summed E-state index contributed by atoms with van der Waals surface area (Å²) in [7, 11) is -2.81. The Labute approximate surface area is 240 Å². The van der Waals surface area contributed by atoms with Crippen LogP contribution in [0.2, 0.25) is 10.0 Å². The van der Waals surface area contributed by atoms with Crippen molar-refractivity contribution < 1.29 is 17.9 Å². The molecule has 3 aromatic rings. The summed E-state index contributed by atoms with van der Waals surface area (Å²) in [6, 6.07) is 19.4. The molecule has 0 atom stereocenters. The van der Waals surface area contributed by atoms with Gasteiger partial charge in [-0.2, -0.15) is 0 Å². The van der Waals surface area contributed by atoms with E-state index < -0.39 is 16.6 Å². The van der Waals surface area contributed by atoms with Gasteiger partial charge in [0.25, 0.3) is 10.0 Å². The molecule has 39 heavy (non-hydrogen) atoms. The first-order chi connectivity index (χ1) is 18.7. The molecule has 0 unspecified atom stereocenters. The fraction of sp³-hybridized carbons (Fsp3) is 0.276. The first-order valence-corrected chi connectivity index (χ1v) is 14.7. The SMILES string of the molecule is COc1ccc(C)cc1S(=O)(=O)N(CC(=O)N1CCN(C/C=C/c2ccccc2)CC1)c1cc(Cl)cc(Cl)c1. The van der Waals surface area contributed by atoms with Gasteiger partial charge in [0, 0.05) is 42.8 Å². The Kier molecular flexibility index (Phi) is 9.56. The van der Waals surface area contributed by atoms with Crippen LogP contribution in [0.15, 0.2) is 77.7 Å². The Morgan fingerprint density at radius 3 is 2.28 bits per heavy atom. The Morgan fingerprint density at radius 1 is 0.974 bits per heavy atom. The maximum Gasteiger partial charge on any atom is 0.268 e. The quantitative estimate of drug-likeness (QED) is 0.337. The highest BCUT2D eigenvalue weighted by Gasteiger charge is 2.32. The third kappa shape index (κ3) is 7.33. The molecule has 1 saturated heterocycles. The molecule has 0 bridgehead atoms. The van der Waals surface area contributed by atoms with Gasteiger partial charge in [0.2, 0.25) is 5.91 Å².